The lowest BCUT2D eigenvalue weighted by molar-refractivity contribution is 0.182. The number of nitrogens with zero attached hydrogens (tertiary/aromatic N) is 3. The second-order valence-corrected chi connectivity index (χ2v) is 15.1. The van der Waals surface area contributed by atoms with Crippen molar-refractivity contribution in [3.63, 3.8) is 0 Å². The number of rotatable bonds is 21. The van der Waals surface area contributed by atoms with Crippen LogP contribution in [0, 0.1) is 5.41 Å². The van der Waals surface area contributed by atoms with Gasteiger partial charge in [-0.05, 0) is 143 Å². The van der Waals surface area contributed by atoms with E-state index in [-0.39, 0.29) is 0 Å². The molecular formula is C26H59N3OSi. The van der Waals surface area contributed by atoms with Gasteiger partial charge < -0.3 is 19.1 Å². The minimum absolute atomic E-state index is 0.443. The highest BCUT2D eigenvalue weighted by Crippen LogP contribution is 2.43. The quantitative estimate of drug-likeness (QED) is 0.191. The molecule has 4 nitrogen and oxygen atoms in total. The van der Waals surface area contributed by atoms with Crippen LogP contribution < -0.4 is 0 Å². The summed E-state index contributed by atoms with van der Waals surface area (Å²) in [5, 5.41) is 0. The highest BCUT2D eigenvalue weighted by molar-refractivity contribution is 6.71. The van der Waals surface area contributed by atoms with Crippen molar-refractivity contribution < 1.29 is 4.43 Å². The van der Waals surface area contributed by atoms with E-state index in [1.54, 1.807) is 0 Å². The van der Waals surface area contributed by atoms with Crippen LogP contribution in [-0.4, -0.2) is 90.5 Å². The van der Waals surface area contributed by atoms with Gasteiger partial charge in [0.25, 0.3) is 0 Å². The Labute approximate surface area is 198 Å². The van der Waals surface area contributed by atoms with Gasteiger partial charge in [0.15, 0.2) is 8.32 Å². The Balaban J connectivity index is 5.27. The lowest BCUT2D eigenvalue weighted by Gasteiger charge is -2.40. The van der Waals surface area contributed by atoms with Gasteiger partial charge in [0.05, 0.1) is 0 Å². The lowest BCUT2D eigenvalue weighted by atomic mass is 9.76. The fraction of sp³-hybridized carbons (Fsp3) is 1.00. The Bertz CT molecular complexity index is 374. The van der Waals surface area contributed by atoms with Crippen LogP contribution in [0.1, 0.15) is 78.6 Å². The van der Waals surface area contributed by atoms with Crippen molar-refractivity contribution in [3.8, 4) is 0 Å². The van der Waals surface area contributed by atoms with E-state index < -0.39 is 8.32 Å². The molecule has 0 heterocycles. The van der Waals surface area contributed by atoms with Crippen molar-refractivity contribution >= 4 is 8.32 Å². The van der Waals surface area contributed by atoms with E-state index in [0.717, 1.165) is 0 Å². The molecule has 0 saturated carbocycles. The van der Waals surface area contributed by atoms with E-state index in [0.29, 0.717) is 5.41 Å². The molecule has 0 spiro atoms. The fourth-order valence-corrected chi connectivity index (χ4v) is 7.75. The summed E-state index contributed by atoms with van der Waals surface area (Å²) in [6.45, 7) is 19.1. The lowest BCUT2D eigenvalue weighted by Crippen LogP contribution is -2.39. The minimum atomic E-state index is -1.63. The molecule has 0 radical (unpaired) electrons. The van der Waals surface area contributed by atoms with E-state index in [9.17, 15) is 0 Å². The summed E-state index contributed by atoms with van der Waals surface area (Å²) in [4.78, 5) is 7.56. The Kier molecular flexibility index (Phi) is 17.6. The standard InChI is InChI=1S/C26H59N3OSi/c1-10-19-27(4)22-13-16-26(25-31(8,9)30-7,17-14-23-28(5)20-11-2)18-15-24-29(6)21-12-3/h10-25H2,1-9H3. The number of hydrogen-bond donors (Lipinski definition) is 0. The molecule has 0 bridgehead atoms. The van der Waals surface area contributed by atoms with Gasteiger partial charge in [0.1, 0.15) is 0 Å². The largest absolute Gasteiger partial charge is 0.420 e. The van der Waals surface area contributed by atoms with Crippen LogP contribution in [0.3, 0.4) is 0 Å². The fourth-order valence-electron chi connectivity index (χ4n) is 5.27. The summed E-state index contributed by atoms with van der Waals surface area (Å²) in [6.07, 6.45) is 11.8. The van der Waals surface area contributed by atoms with Gasteiger partial charge in [-0.15, -0.1) is 0 Å². The van der Waals surface area contributed by atoms with Gasteiger partial charge in [0, 0.05) is 7.11 Å². The second-order valence-electron chi connectivity index (χ2n) is 10.9. The average molecular weight is 458 g/mol. The van der Waals surface area contributed by atoms with Gasteiger partial charge in [-0.2, -0.15) is 0 Å². The Morgan fingerprint density at radius 2 is 0.935 bits per heavy atom. The molecule has 0 aromatic carbocycles. The molecule has 188 valence electrons. The molecule has 0 aromatic rings. The predicted molar refractivity (Wildman–Crippen MR) is 143 cm³/mol. The molecule has 0 aliphatic heterocycles. The van der Waals surface area contributed by atoms with Crippen molar-refractivity contribution in [1.29, 1.82) is 0 Å². The van der Waals surface area contributed by atoms with Gasteiger partial charge in [0.2, 0.25) is 0 Å². The first-order valence-electron chi connectivity index (χ1n) is 13.2. The smallest absolute Gasteiger partial charge is 0.186 e. The monoisotopic (exact) mass is 457 g/mol. The zero-order valence-corrected chi connectivity index (χ0v) is 24.1. The molecule has 0 N–H and O–H groups in total. The van der Waals surface area contributed by atoms with E-state index >= 15 is 0 Å². The van der Waals surface area contributed by atoms with E-state index in [1.165, 1.54) is 103 Å². The van der Waals surface area contributed by atoms with E-state index in [1.807, 2.05) is 7.11 Å². The molecule has 5 heteroatoms. The van der Waals surface area contributed by atoms with Crippen LogP contribution >= 0.6 is 0 Å². The first-order valence-corrected chi connectivity index (χ1v) is 16.4. The first-order chi connectivity index (χ1) is 14.6. The molecule has 31 heavy (non-hydrogen) atoms. The second kappa shape index (κ2) is 17.5. The van der Waals surface area contributed by atoms with Crippen LogP contribution in [0.2, 0.25) is 19.1 Å². The highest BCUT2D eigenvalue weighted by Gasteiger charge is 2.37. The molecule has 0 atom stereocenters. The third kappa shape index (κ3) is 15.5. The third-order valence-electron chi connectivity index (χ3n) is 6.91. The number of hydrogen-bond acceptors (Lipinski definition) is 4. The van der Waals surface area contributed by atoms with Gasteiger partial charge in [-0.3, -0.25) is 0 Å². The van der Waals surface area contributed by atoms with E-state index in [2.05, 4.69) is 69.7 Å². The molecule has 0 amide bonds. The van der Waals surface area contributed by atoms with Crippen LogP contribution in [0.4, 0.5) is 0 Å². The SMILES string of the molecule is CCCN(C)CCCC(CCCN(C)CCC)(CCCN(C)CCC)C[Si](C)(C)OC. The Morgan fingerprint density at radius 3 is 1.19 bits per heavy atom. The molecule has 0 saturated heterocycles. The summed E-state index contributed by atoms with van der Waals surface area (Å²) < 4.78 is 6.10. The average Bonchev–Trinajstić information content (AvgIpc) is 2.68. The highest BCUT2D eigenvalue weighted by atomic mass is 28.4. The van der Waals surface area contributed by atoms with Crippen molar-refractivity contribution in [2.75, 3.05) is 67.5 Å². The maximum absolute atomic E-state index is 6.10. The Morgan fingerprint density at radius 1 is 0.613 bits per heavy atom. The topological polar surface area (TPSA) is 19.0 Å². The van der Waals surface area contributed by atoms with Crippen LogP contribution in [-0.2, 0) is 4.43 Å². The zero-order chi connectivity index (χ0) is 23.8. The molecule has 0 aromatic heterocycles. The summed E-state index contributed by atoms with van der Waals surface area (Å²) >= 11 is 0. The van der Waals surface area contributed by atoms with Crippen molar-refractivity contribution in [1.82, 2.24) is 14.7 Å². The van der Waals surface area contributed by atoms with Gasteiger partial charge >= 0.3 is 0 Å². The zero-order valence-electron chi connectivity index (χ0n) is 23.1. The molecule has 0 aliphatic carbocycles. The summed E-state index contributed by atoms with van der Waals surface area (Å²) in [5.41, 5.74) is 0.443. The van der Waals surface area contributed by atoms with Crippen LogP contribution in [0.5, 0.6) is 0 Å². The Hall–Kier alpha value is 0.0569. The van der Waals surface area contributed by atoms with Crippen LogP contribution in [0.25, 0.3) is 0 Å². The predicted octanol–water partition coefficient (Wildman–Crippen LogP) is 6.19. The van der Waals surface area contributed by atoms with Crippen molar-refractivity contribution in [2.24, 2.45) is 5.41 Å². The third-order valence-corrected chi connectivity index (χ3v) is 9.62. The maximum Gasteiger partial charge on any atom is 0.186 e. The molecule has 0 rings (SSSR count). The molecular weight excluding hydrogens is 398 g/mol. The maximum atomic E-state index is 6.10. The molecule has 0 aliphatic rings. The summed E-state index contributed by atoms with van der Waals surface area (Å²) in [5.74, 6) is 0. The van der Waals surface area contributed by atoms with Gasteiger partial charge in [-0.1, -0.05) is 20.8 Å². The molecule has 0 unspecified atom stereocenters. The van der Waals surface area contributed by atoms with Crippen molar-refractivity contribution in [3.05, 3.63) is 0 Å². The van der Waals surface area contributed by atoms with Crippen LogP contribution in [0.15, 0.2) is 0 Å². The van der Waals surface area contributed by atoms with Crippen molar-refractivity contribution in [2.45, 2.75) is 97.7 Å². The van der Waals surface area contributed by atoms with Gasteiger partial charge in [-0.25, -0.2) is 0 Å². The van der Waals surface area contributed by atoms with E-state index in [4.69, 9.17) is 4.43 Å². The normalized spacial score (nSPS) is 13.2. The first kappa shape index (κ1) is 31.1. The molecule has 0 fully saturated rings. The summed E-state index contributed by atoms with van der Waals surface area (Å²) in [7, 11) is 7.19. The summed E-state index contributed by atoms with van der Waals surface area (Å²) in [6, 6.07) is 1.31. The minimum Gasteiger partial charge on any atom is -0.420 e.